The molecule has 2 fully saturated rings. The predicted octanol–water partition coefficient (Wildman–Crippen LogP) is 2.59. The summed E-state index contributed by atoms with van der Waals surface area (Å²) < 4.78 is 5.30. The van der Waals surface area contributed by atoms with Crippen LogP contribution in [0.5, 0.6) is 11.5 Å². The molecular formula is C19H26O4. The Labute approximate surface area is 137 Å². The van der Waals surface area contributed by atoms with E-state index in [9.17, 15) is 15.3 Å². The van der Waals surface area contributed by atoms with Crippen LogP contribution < -0.4 is 4.74 Å². The topological polar surface area (TPSA) is 69.9 Å². The summed E-state index contributed by atoms with van der Waals surface area (Å²) in [5.74, 6) is 2.09. The van der Waals surface area contributed by atoms with E-state index in [0.717, 1.165) is 25.7 Å². The van der Waals surface area contributed by atoms with Gasteiger partial charge in [-0.1, -0.05) is 6.92 Å². The molecule has 4 nitrogen and oxygen atoms in total. The van der Waals surface area contributed by atoms with Gasteiger partial charge in [-0.25, -0.2) is 0 Å². The summed E-state index contributed by atoms with van der Waals surface area (Å²) in [4.78, 5) is 0. The highest BCUT2D eigenvalue weighted by Crippen LogP contribution is 2.61. The standard InChI is InChI=1S/C19H26O4/c1-19-6-5-11-12(14(19)9-16(21)18(19)22)4-3-10-7-15(20)17(23-2)8-13(10)11/h7-8,11-12,14,16,18,20-22H,3-6,9H2,1-2H3/t11-,12+,14-,16?,18?,19-/m0/s1. The lowest BCUT2D eigenvalue weighted by atomic mass is 9.55. The van der Waals surface area contributed by atoms with Crippen LogP contribution in [-0.4, -0.2) is 34.6 Å². The number of phenolic OH excluding ortho intramolecular Hbond substituents is 1. The van der Waals surface area contributed by atoms with Crippen LogP contribution in [0.15, 0.2) is 12.1 Å². The molecule has 0 aromatic heterocycles. The largest absolute Gasteiger partial charge is 0.504 e. The summed E-state index contributed by atoms with van der Waals surface area (Å²) in [5.41, 5.74) is 2.38. The van der Waals surface area contributed by atoms with Gasteiger partial charge in [0.1, 0.15) is 0 Å². The molecule has 0 amide bonds. The van der Waals surface area contributed by atoms with Crippen molar-refractivity contribution in [2.24, 2.45) is 17.3 Å². The number of aliphatic hydroxyl groups excluding tert-OH is 2. The van der Waals surface area contributed by atoms with Gasteiger partial charge in [0.15, 0.2) is 11.5 Å². The number of aliphatic hydroxyl groups is 2. The van der Waals surface area contributed by atoms with E-state index in [-0.39, 0.29) is 11.2 Å². The van der Waals surface area contributed by atoms with E-state index in [0.29, 0.717) is 29.9 Å². The fourth-order valence-corrected chi connectivity index (χ4v) is 5.74. The number of phenols is 1. The van der Waals surface area contributed by atoms with Crippen LogP contribution in [0.3, 0.4) is 0 Å². The van der Waals surface area contributed by atoms with Crippen LogP contribution in [0.1, 0.15) is 49.7 Å². The minimum atomic E-state index is -0.593. The van der Waals surface area contributed by atoms with Gasteiger partial charge < -0.3 is 20.1 Å². The third-order valence-corrected chi connectivity index (χ3v) is 7.00. The summed E-state index contributed by atoms with van der Waals surface area (Å²) in [5, 5.41) is 30.7. The first-order chi connectivity index (χ1) is 11.0. The number of aryl methyl sites for hydroxylation is 1. The van der Waals surface area contributed by atoms with E-state index in [4.69, 9.17) is 4.74 Å². The highest BCUT2D eigenvalue weighted by molar-refractivity contribution is 5.49. The third-order valence-electron chi connectivity index (χ3n) is 7.00. The average Bonchev–Trinajstić information content (AvgIpc) is 2.77. The molecule has 0 aliphatic heterocycles. The van der Waals surface area contributed by atoms with Crippen LogP contribution in [-0.2, 0) is 6.42 Å². The Hall–Kier alpha value is -1.26. The Bertz CT molecular complexity index is 628. The van der Waals surface area contributed by atoms with Crippen molar-refractivity contribution in [2.45, 2.75) is 57.2 Å². The second-order valence-corrected chi connectivity index (χ2v) is 7.93. The molecule has 1 aromatic rings. The van der Waals surface area contributed by atoms with Gasteiger partial charge >= 0.3 is 0 Å². The van der Waals surface area contributed by atoms with E-state index in [2.05, 4.69) is 6.92 Å². The Morgan fingerprint density at radius 3 is 2.74 bits per heavy atom. The van der Waals surface area contributed by atoms with Crippen molar-refractivity contribution < 1.29 is 20.1 Å². The molecule has 4 rings (SSSR count). The quantitative estimate of drug-likeness (QED) is 0.744. The molecule has 126 valence electrons. The summed E-state index contributed by atoms with van der Waals surface area (Å²) in [6.45, 7) is 2.15. The molecule has 4 heteroatoms. The lowest BCUT2D eigenvalue weighted by molar-refractivity contribution is -0.0505. The van der Waals surface area contributed by atoms with Gasteiger partial charge in [-0.05, 0) is 78.5 Å². The number of fused-ring (bicyclic) bond motifs is 5. The lowest BCUT2D eigenvalue weighted by Crippen LogP contribution is -2.44. The molecule has 2 saturated carbocycles. The maximum atomic E-state index is 10.5. The number of ether oxygens (including phenoxy) is 1. The molecule has 6 atom stereocenters. The van der Waals surface area contributed by atoms with Gasteiger partial charge in [0.25, 0.3) is 0 Å². The molecule has 0 bridgehead atoms. The van der Waals surface area contributed by atoms with Gasteiger partial charge in [0, 0.05) is 0 Å². The van der Waals surface area contributed by atoms with Gasteiger partial charge in [0.2, 0.25) is 0 Å². The molecule has 0 heterocycles. The third kappa shape index (κ3) is 2.04. The minimum absolute atomic E-state index is 0.154. The second-order valence-electron chi connectivity index (χ2n) is 7.93. The smallest absolute Gasteiger partial charge is 0.160 e. The Morgan fingerprint density at radius 1 is 1.22 bits per heavy atom. The molecule has 3 N–H and O–H groups in total. The molecule has 0 saturated heterocycles. The molecule has 0 radical (unpaired) electrons. The second kappa shape index (κ2) is 5.12. The number of hydrogen-bond acceptors (Lipinski definition) is 4. The van der Waals surface area contributed by atoms with Gasteiger partial charge in [-0.2, -0.15) is 0 Å². The highest BCUT2D eigenvalue weighted by Gasteiger charge is 2.57. The van der Waals surface area contributed by atoms with Crippen molar-refractivity contribution in [1.29, 1.82) is 0 Å². The zero-order valence-electron chi connectivity index (χ0n) is 13.8. The SMILES string of the molecule is COc1cc2c(cc1O)CC[C@@H]1[C@@H]2CC[C@]2(C)C(O)C(O)C[C@@H]12. The Kier molecular flexibility index (Phi) is 3.40. The van der Waals surface area contributed by atoms with Gasteiger partial charge in [-0.3, -0.25) is 0 Å². The van der Waals surface area contributed by atoms with E-state index < -0.39 is 12.2 Å². The molecule has 1 aromatic carbocycles. The molecule has 0 spiro atoms. The van der Waals surface area contributed by atoms with Gasteiger partial charge in [0.05, 0.1) is 19.3 Å². The van der Waals surface area contributed by atoms with E-state index in [1.165, 1.54) is 11.1 Å². The first kappa shape index (κ1) is 15.3. The first-order valence-corrected chi connectivity index (χ1v) is 8.71. The van der Waals surface area contributed by atoms with Crippen LogP contribution in [0, 0.1) is 17.3 Å². The average molecular weight is 318 g/mol. The van der Waals surface area contributed by atoms with E-state index >= 15 is 0 Å². The van der Waals surface area contributed by atoms with Crippen LogP contribution in [0.4, 0.5) is 0 Å². The fraction of sp³-hybridized carbons (Fsp3) is 0.684. The zero-order chi connectivity index (χ0) is 16.4. The molecule has 23 heavy (non-hydrogen) atoms. The van der Waals surface area contributed by atoms with Crippen LogP contribution in [0.2, 0.25) is 0 Å². The summed E-state index contributed by atoms with van der Waals surface area (Å²) in [6.07, 6.45) is 3.53. The van der Waals surface area contributed by atoms with Crippen LogP contribution in [0.25, 0.3) is 0 Å². The number of hydrogen-bond donors (Lipinski definition) is 3. The normalized spacial score (nSPS) is 41.8. The number of methoxy groups -OCH3 is 1. The van der Waals surface area contributed by atoms with Gasteiger partial charge in [-0.15, -0.1) is 0 Å². The summed E-state index contributed by atoms with van der Waals surface area (Å²) in [7, 11) is 1.59. The Morgan fingerprint density at radius 2 is 2.00 bits per heavy atom. The molecule has 3 aliphatic rings. The molecule has 3 aliphatic carbocycles. The van der Waals surface area contributed by atoms with E-state index in [1.54, 1.807) is 7.11 Å². The number of benzene rings is 1. The molecule has 2 unspecified atom stereocenters. The first-order valence-electron chi connectivity index (χ1n) is 8.71. The number of aromatic hydroxyl groups is 1. The van der Waals surface area contributed by atoms with Crippen molar-refractivity contribution in [3.05, 3.63) is 23.3 Å². The monoisotopic (exact) mass is 318 g/mol. The zero-order valence-corrected chi connectivity index (χ0v) is 13.8. The van der Waals surface area contributed by atoms with Crippen molar-refractivity contribution in [2.75, 3.05) is 7.11 Å². The fourth-order valence-electron chi connectivity index (χ4n) is 5.74. The van der Waals surface area contributed by atoms with Crippen molar-refractivity contribution in [1.82, 2.24) is 0 Å². The summed E-state index contributed by atoms with van der Waals surface area (Å²) in [6, 6.07) is 3.86. The predicted molar refractivity (Wildman–Crippen MR) is 86.7 cm³/mol. The Balaban J connectivity index is 1.72. The minimum Gasteiger partial charge on any atom is -0.504 e. The maximum absolute atomic E-state index is 10.5. The van der Waals surface area contributed by atoms with Crippen molar-refractivity contribution in [3.8, 4) is 11.5 Å². The van der Waals surface area contributed by atoms with Crippen molar-refractivity contribution in [3.63, 3.8) is 0 Å². The van der Waals surface area contributed by atoms with E-state index in [1.807, 2.05) is 12.1 Å². The molecular weight excluding hydrogens is 292 g/mol. The summed E-state index contributed by atoms with van der Waals surface area (Å²) >= 11 is 0. The highest BCUT2D eigenvalue weighted by atomic mass is 16.5. The number of rotatable bonds is 1. The lowest BCUT2D eigenvalue weighted by Gasteiger charge is -2.49. The van der Waals surface area contributed by atoms with Crippen LogP contribution >= 0.6 is 0 Å². The maximum Gasteiger partial charge on any atom is 0.160 e. The van der Waals surface area contributed by atoms with Crippen molar-refractivity contribution >= 4 is 0 Å².